The first-order valence-corrected chi connectivity index (χ1v) is 7.93. The van der Waals surface area contributed by atoms with E-state index >= 15 is 0 Å². The number of rotatable bonds is 3. The summed E-state index contributed by atoms with van der Waals surface area (Å²) >= 11 is 1.81. The first kappa shape index (κ1) is 13.1. The zero-order valence-electron chi connectivity index (χ0n) is 11.2. The topological polar surface area (TPSA) is 49.6 Å². The molecule has 1 aromatic rings. The van der Waals surface area contributed by atoms with Gasteiger partial charge in [-0.05, 0) is 42.8 Å². The molecule has 0 aromatic carbocycles. The standard InChI is InChI=1S/C14H21N3OS/c15-8-12-2-1-5-16(12)10-14(18)17-6-3-13-11(9-17)4-7-19-13/h4,7,12H,1-3,5-6,8-10,15H2. The summed E-state index contributed by atoms with van der Waals surface area (Å²) in [4.78, 5) is 18.1. The summed E-state index contributed by atoms with van der Waals surface area (Å²) in [6.07, 6.45) is 3.32. The number of fused-ring (bicyclic) bond motifs is 1. The molecular formula is C14H21N3OS. The van der Waals surface area contributed by atoms with Crippen LogP contribution in [0.2, 0.25) is 0 Å². The van der Waals surface area contributed by atoms with E-state index in [-0.39, 0.29) is 5.91 Å². The Morgan fingerprint density at radius 1 is 1.47 bits per heavy atom. The summed E-state index contributed by atoms with van der Waals surface area (Å²) in [5, 5.41) is 2.13. The van der Waals surface area contributed by atoms with E-state index in [1.807, 2.05) is 16.2 Å². The van der Waals surface area contributed by atoms with Crippen LogP contribution in [0.1, 0.15) is 23.3 Å². The highest BCUT2D eigenvalue weighted by Crippen LogP contribution is 2.24. The van der Waals surface area contributed by atoms with Gasteiger partial charge in [-0.25, -0.2) is 0 Å². The molecule has 2 N–H and O–H groups in total. The van der Waals surface area contributed by atoms with E-state index < -0.39 is 0 Å². The summed E-state index contributed by atoms with van der Waals surface area (Å²) in [6, 6.07) is 2.56. The molecule has 0 radical (unpaired) electrons. The van der Waals surface area contributed by atoms with E-state index in [0.717, 1.165) is 32.5 Å². The number of hydrogen-bond donors (Lipinski definition) is 1. The Morgan fingerprint density at radius 3 is 3.21 bits per heavy atom. The number of nitrogens with zero attached hydrogens (tertiary/aromatic N) is 2. The molecule has 1 atom stereocenters. The molecule has 1 amide bonds. The number of amides is 1. The zero-order chi connectivity index (χ0) is 13.2. The second kappa shape index (κ2) is 5.61. The molecule has 19 heavy (non-hydrogen) atoms. The largest absolute Gasteiger partial charge is 0.337 e. The van der Waals surface area contributed by atoms with Gasteiger partial charge < -0.3 is 10.6 Å². The van der Waals surface area contributed by atoms with E-state index in [9.17, 15) is 4.79 Å². The van der Waals surface area contributed by atoms with Gasteiger partial charge >= 0.3 is 0 Å². The lowest BCUT2D eigenvalue weighted by Gasteiger charge is -2.30. The molecule has 0 saturated carbocycles. The Bertz CT molecular complexity index is 459. The van der Waals surface area contributed by atoms with Crippen LogP contribution >= 0.6 is 11.3 Å². The number of thiophene rings is 1. The number of likely N-dealkylation sites (tertiary alicyclic amines) is 1. The number of hydrogen-bond acceptors (Lipinski definition) is 4. The van der Waals surface area contributed by atoms with E-state index in [1.165, 1.54) is 16.9 Å². The normalized spacial score (nSPS) is 23.6. The highest BCUT2D eigenvalue weighted by atomic mass is 32.1. The van der Waals surface area contributed by atoms with E-state index in [1.54, 1.807) is 0 Å². The van der Waals surface area contributed by atoms with Gasteiger partial charge in [-0.15, -0.1) is 11.3 Å². The summed E-state index contributed by atoms with van der Waals surface area (Å²) in [5.41, 5.74) is 7.10. The van der Waals surface area contributed by atoms with Gasteiger partial charge in [0.2, 0.25) is 5.91 Å². The van der Waals surface area contributed by atoms with Crippen LogP contribution in [-0.2, 0) is 17.8 Å². The van der Waals surface area contributed by atoms with Crippen molar-refractivity contribution in [1.29, 1.82) is 0 Å². The maximum atomic E-state index is 12.4. The third-order valence-corrected chi connectivity index (χ3v) is 5.29. The molecule has 1 saturated heterocycles. The molecule has 1 unspecified atom stereocenters. The van der Waals surface area contributed by atoms with Crippen LogP contribution < -0.4 is 5.73 Å². The van der Waals surface area contributed by atoms with E-state index in [4.69, 9.17) is 5.73 Å². The van der Waals surface area contributed by atoms with Gasteiger partial charge in [-0.2, -0.15) is 0 Å². The smallest absolute Gasteiger partial charge is 0.237 e. The van der Waals surface area contributed by atoms with Crippen LogP contribution in [0.3, 0.4) is 0 Å². The predicted octanol–water partition coefficient (Wildman–Crippen LogP) is 1.06. The minimum Gasteiger partial charge on any atom is -0.337 e. The minimum absolute atomic E-state index is 0.261. The van der Waals surface area contributed by atoms with Gasteiger partial charge in [0.05, 0.1) is 6.54 Å². The van der Waals surface area contributed by atoms with E-state index in [2.05, 4.69) is 16.3 Å². The maximum absolute atomic E-state index is 12.4. The summed E-state index contributed by atoms with van der Waals surface area (Å²) in [6.45, 7) is 3.89. The molecule has 0 aliphatic carbocycles. The van der Waals surface area contributed by atoms with Gasteiger partial charge in [0.15, 0.2) is 0 Å². The van der Waals surface area contributed by atoms with Crippen molar-refractivity contribution in [3.8, 4) is 0 Å². The van der Waals surface area contributed by atoms with Crippen LogP contribution in [0.4, 0.5) is 0 Å². The fourth-order valence-electron chi connectivity index (χ4n) is 3.11. The van der Waals surface area contributed by atoms with Gasteiger partial charge in [-0.1, -0.05) is 0 Å². The molecule has 5 heteroatoms. The number of carbonyl (C=O) groups excluding carboxylic acids is 1. The van der Waals surface area contributed by atoms with Crippen molar-refractivity contribution >= 4 is 17.2 Å². The third kappa shape index (κ3) is 2.68. The third-order valence-electron chi connectivity index (χ3n) is 4.27. The van der Waals surface area contributed by atoms with Crippen molar-refractivity contribution in [3.63, 3.8) is 0 Å². The van der Waals surface area contributed by atoms with Crippen LogP contribution in [0.25, 0.3) is 0 Å². The molecule has 3 rings (SSSR count). The van der Waals surface area contributed by atoms with Crippen molar-refractivity contribution in [3.05, 3.63) is 21.9 Å². The lowest BCUT2D eigenvalue weighted by atomic mass is 10.1. The quantitative estimate of drug-likeness (QED) is 0.900. The van der Waals surface area contributed by atoms with Crippen molar-refractivity contribution in [2.24, 2.45) is 5.73 Å². The highest BCUT2D eigenvalue weighted by Gasteiger charge is 2.28. The predicted molar refractivity (Wildman–Crippen MR) is 77.1 cm³/mol. The molecule has 104 valence electrons. The lowest BCUT2D eigenvalue weighted by Crippen LogP contribution is -2.45. The Labute approximate surface area is 118 Å². The molecular weight excluding hydrogens is 258 g/mol. The maximum Gasteiger partial charge on any atom is 0.237 e. The molecule has 1 fully saturated rings. The minimum atomic E-state index is 0.261. The van der Waals surface area contributed by atoms with Crippen molar-refractivity contribution in [2.45, 2.75) is 31.8 Å². The second-order valence-electron chi connectivity index (χ2n) is 5.44. The van der Waals surface area contributed by atoms with Crippen LogP contribution in [0, 0.1) is 0 Å². The Kier molecular flexibility index (Phi) is 3.86. The zero-order valence-corrected chi connectivity index (χ0v) is 12.0. The lowest BCUT2D eigenvalue weighted by molar-refractivity contribution is -0.133. The fraction of sp³-hybridized carbons (Fsp3) is 0.643. The highest BCUT2D eigenvalue weighted by molar-refractivity contribution is 7.10. The van der Waals surface area contributed by atoms with Crippen LogP contribution in [0.5, 0.6) is 0 Å². The van der Waals surface area contributed by atoms with Crippen molar-refractivity contribution < 1.29 is 4.79 Å². The van der Waals surface area contributed by atoms with Gasteiger partial charge in [0.25, 0.3) is 0 Å². The first-order valence-electron chi connectivity index (χ1n) is 7.05. The van der Waals surface area contributed by atoms with Crippen molar-refractivity contribution in [1.82, 2.24) is 9.80 Å². The molecule has 3 heterocycles. The Hall–Kier alpha value is -0.910. The fourth-order valence-corrected chi connectivity index (χ4v) is 3.99. The Balaban J connectivity index is 1.59. The molecule has 2 aliphatic heterocycles. The SMILES string of the molecule is NCC1CCCN1CC(=O)N1CCc2sccc2C1. The van der Waals surface area contributed by atoms with Crippen LogP contribution in [-0.4, -0.2) is 47.9 Å². The molecule has 2 aliphatic rings. The van der Waals surface area contributed by atoms with Gasteiger partial charge in [-0.3, -0.25) is 9.69 Å². The van der Waals surface area contributed by atoms with E-state index in [0.29, 0.717) is 19.1 Å². The average molecular weight is 279 g/mol. The van der Waals surface area contributed by atoms with Gasteiger partial charge in [0.1, 0.15) is 0 Å². The molecule has 0 bridgehead atoms. The molecule has 0 spiro atoms. The second-order valence-corrected chi connectivity index (χ2v) is 6.44. The summed E-state index contributed by atoms with van der Waals surface area (Å²) in [5.74, 6) is 0.261. The monoisotopic (exact) mass is 279 g/mol. The average Bonchev–Trinajstić information content (AvgIpc) is 3.05. The summed E-state index contributed by atoms with van der Waals surface area (Å²) in [7, 11) is 0. The van der Waals surface area contributed by atoms with Gasteiger partial charge in [0, 0.05) is 30.6 Å². The Morgan fingerprint density at radius 2 is 2.37 bits per heavy atom. The summed E-state index contributed by atoms with van der Waals surface area (Å²) < 4.78 is 0. The first-order chi connectivity index (χ1) is 9.28. The van der Waals surface area contributed by atoms with Crippen molar-refractivity contribution in [2.75, 3.05) is 26.2 Å². The molecule has 1 aromatic heterocycles. The number of carbonyl (C=O) groups is 1. The molecule has 4 nitrogen and oxygen atoms in total. The van der Waals surface area contributed by atoms with Crippen LogP contribution in [0.15, 0.2) is 11.4 Å². The number of nitrogens with two attached hydrogens (primary N) is 1.